The number of halogens is 4. The largest absolute Gasteiger partial charge is 0.585 e. The number of phosphoric acid groups is 1. The number of nitro groups is 2. The standard InChI is InChI=1S/C12H5Cl4N2O8P/c13-7-1-5(17(19)20)2-8(14)11(7)25-27(23,24)26-12-9(15)3-6(18(21)22)4-10(12)16/h1-4H,(H,23,24). The van der Waals surface area contributed by atoms with E-state index in [0.29, 0.717) is 0 Å². The molecule has 0 bridgehead atoms. The molecule has 0 atom stereocenters. The number of rotatable bonds is 6. The molecule has 0 spiro atoms. The average Bonchev–Trinajstić information content (AvgIpc) is 2.53. The van der Waals surface area contributed by atoms with Gasteiger partial charge in [0.05, 0.1) is 29.9 Å². The predicted molar refractivity (Wildman–Crippen MR) is 97.3 cm³/mol. The summed E-state index contributed by atoms with van der Waals surface area (Å²) in [6.07, 6.45) is 0. The summed E-state index contributed by atoms with van der Waals surface area (Å²) in [4.78, 5) is 29.8. The van der Waals surface area contributed by atoms with Crippen LogP contribution in [0.4, 0.5) is 11.4 Å². The van der Waals surface area contributed by atoms with E-state index in [1.807, 2.05) is 0 Å². The Morgan fingerprint density at radius 2 is 1.04 bits per heavy atom. The van der Waals surface area contributed by atoms with Crippen molar-refractivity contribution in [2.45, 2.75) is 0 Å². The van der Waals surface area contributed by atoms with Crippen LogP contribution >= 0.6 is 54.2 Å². The SMILES string of the molecule is O=[N+]([O-])c1cc(Cl)c(OP(=O)(O)Oc2c(Cl)cc([N+](=O)[O-])cc2Cl)c(Cl)c1. The summed E-state index contributed by atoms with van der Waals surface area (Å²) >= 11 is 23.1. The maximum atomic E-state index is 12.2. The highest BCUT2D eigenvalue weighted by molar-refractivity contribution is 7.48. The Bertz CT molecular complexity index is 880. The maximum Gasteiger partial charge on any atom is 0.585 e. The zero-order valence-corrected chi connectivity index (χ0v) is 16.4. The van der Waals surface area contributed by atoms with Crippen LogP contribution in [0.2, 0.25) is 20.1 Å². The van der Waals surface area contributed by atoms with Gasteiger partial charge in [-0.15, -0.1) is 0 Å². The van der Waals surface area contributed by atoms with E-state index < -0.39 is 60.6 Å². The van der Waals surface area contributed by atoms with Crippen molar-refractivity contribution >= 4 is 65.6 Å². The van der Waals surface area contributed by atoms with Crippen LogP contribution in [0.15, 0.2) is 24.3 Å². The molecule has 0 aliphatic carbocycles. The lowest BCUT2D eigenvalue weighted by Crippen LogP contribution is -2.02. The van der Waals surface area contributed by atoms with Gasteiger partial charge in [-0.05, 0) is 0 Å². The smallest absolute Gasteiger partial charge is 0.392 e. The Kier molecular flexibility index (Phi) is 6.41. The molecular weight excluding hydrogens is 473 g/mol. The highest BCUT2D eigenvalue weighted by Crippen LogP contribution is 2.52. The summed E-state index contributed by atoms with van der Waals surface area (Å²) in [6, 6.07) is 3.37. The van der Waals surface area contributed by atoms with Crippen molar-refractivity contribution in [2.24, 2.45) is 0 Å². The second kappa shape index (κ2) is 8.05. The molecule has 2 aromatic carbocycles. The molecule has 0 aromatic heterocycles. The van der Waals surface area contributed by atoms with Gasteiger partial charge in [0.15, 0.2) is 11.5 Å². The number of phosphoric ester groups is 1. The lowest BCUT2D eigenvalue weighted by atomic mass is 10.3. The lowest BCUT2D eigenvalue weighted by molar-refractivity contribution is -0.385. The third kappa shape index (κ3) is 5.13. The normalized spacial score (nSPS) is 11.1. The van der Waals surface area contributed by atoms with Crippen LogP contribution < -0.4 is 9.05 Å². The molecule has 0 aliphatic rings. The van der Waals surface area contributed by atoms with Gasteiger partial charge in [0.2, 0.25) is 0 Å². The number of hydrogen-bond donors (Lipinski definition) is 1. The first-order chi connectivity index (χ1) is 12.4. The molecule has 2 aromatic rings. The number of nitrogens with zero attached hydrogens (tertiary/aromatic N) is 2. The molecule has 0 saturated carbocycles. The molecule has 0 unspecified atom stereocenters. The average molecular weight is 478 g/mol. The molecule has 0 fully saturated rings. The van der Waals surface area contributed by atoms with Gasteiger partial charge in [-0.2, -0.15) is 0 Å². The number of nitro benzene ring substituents is 2. The van der Waals surface area contributed by atoms with Gasteiger partial charge >= 0.3 is 7.82 Å². The number of benzene rings is 2. The van der Waals surface area contributed by atoms with Gasteiger partial charge in [0, 0.05) is 24.3 Å². The highest BCUT2D eigenvalue weighted by atomic mass is 35.5. The maximum absolute atomic E-state index is 12.2. The minimum atomic E-state index is -5.00. The molecule has 0 saturated heterocycles. The number of non-ortho nitro benzene ring substituents is 2. The van der Waals surface area contributed by atoms with E-state index in [9.17, 15) is 29.7 Å². The Balaban J connectivity index is 2.35. The highest BCUT2D eigenvalue weighted by Gasteiger charge is 2.31. The Morgan fingerprint density at radius 1 is 0.778 bits per heavy atom. The van der Waals surface area contributed by atoms with Crippen LogP contribution in [0.1, 0.15) is 0 Å². The molecule has 27 heavy (non-hydrogen) atoms. The van der Waals surface area contributed by atoms with Crippen molar-refractivity contribution in [3.63, 3.8) is 0 Å². The molecule has 0 amide bonds. The molecule has 10 nitrogen and oxygen atoms in total. The van der Waals surface area contributed by atoms with Gasteiger partial charge in [-0.1, -0.05) is 46.4 Å². The summed E-state index contributed by atoms with van der Waals surface area (Å²) < 4.78 is 21.7. The van der Waals surface area contributed by atoms with E-state index in [2.05, 4.69) is 0 Å². The first kappa shape index (κ1) is 21.5. The Hall–Kier alpha value is -1.81. The molecular formula is C12H5Cl4N2O8P. The van der Waals surface area contributed by atoms with Crippen LogP contribution in [0.25, 0.3) is 0 Å². The molecule has 0 heterocycles. The molecule has 144 valence electrons. The van der Waals surface area contributed by atoms with E-state index in [1.165, 1.54) is 0 Å². The van der Waals surface area contributed by atoms with Crippen molar-refractivity contribution in [2.75, 3.05) is 0 Å². The van der Waals surface area contributed by atoms with Crippen molar-refractivity contribution in [1.82, 2.24) is 0 Å². The van der Waals surface area contributed by atoms with Crippen LogP contribution in [0, 0.1) is 20.2 Å². The minimum Gasteiger partial charge on any atom is -0.392 e. The summed E-state index contributed by atoms with van der Waals surface area (Å²) in [5.41, 5.74) is -0.958. The van der Waals surface area contributed by atoms with E-state index in [1.54, 1.807) is 0 Å². The van der Waals surface area contributed by atoms with Crippen LogP contribution in [0.5, 0.6) is 11.5 Å². The van der Waals surface area contributed by atoms with Gasteiger partial charge in [0.25, 0.3) is 11.4 Å². The van der Waals surface area contributed by atoms with E-state index in [-0.39, 0.29) is 0 Å². The summed E-state index contributed by atoms with van der Waals surface area (Å²) in [5.74, 6) is -1.13. The second-order valence-electron chi connectivity index (χ2n) is 4.64. The Morgan fingerprint density at radius 3 is 1.26 bits per heavy atom. The third-order valence-corrected chi connectivity index (χ3v) is 4.75. The van der Waals surface area contributed by atoms with E-state index in [4.69, 9.17) is 55.5 Å². The van der Waals surface area contributed by atoms with Crippen molar-refractivity contribution in [1.29, 1.82) is 0 Å². The number of hydrogen-bond acceptors (Lipinski definition) is 7. The third-order valence-electron chi connectivity index (χ3n) is 2.80. The summed E-state index contributed by atoms with van der Waals surface area (Å²) in [5, 5.41) is 19.7. The molecule has 2 rings (SSSR count). The fourth-order valence-electron chi connectivity index (χ4n) is 1.73. The van der Waals surface area contributed by atoms with Crippen LogP contribution in [0.3, 0.4) is 0 Å². The summed E-state index contributed by atoms with van der Waals surface area (Å²) in [6.45, 7) is 0. The monoisotopic (exact) mass is 476 g/mol. The summed E-state index contributed by atoms with van der Waals surface area (Å²) in [7, 11) is -5.00. The fourth-order valence-corrected chi connectivity index (χ4v) is 3.94. The van der Waals surface area contributed by atoms with E-state index in [0.717, 1.165) is 24.3 Å². The quantitative estimate of drug-likeness (QED) is 0.318. The minimum absolute atomic E-state index is 0.437. The van der Waals surface area contributed by atoms with Crippen molar-refractivity contribution < 1.29 is 28.4 Å². The zero-order chi connectivity index (χ0) is 20.5. The zero-order valence-electron chi connectivity index (χ0n) is 12.5. The fraction of sp³-hybridized carbons (Fsp3) is 0. The van der Waals surface area contributed by atoms with Gasteiger partial charge in [-0.3, -0.25) is 25.1 Å². The first-order valence-corrected chi connectivity index (χ1v) is 9.41. The van der Waals surface area contributed by atoms with E-state index >= 15 is 0 Å². The molecule has 15 heteroatoms. The molecule has 0 aliphatic heterocycles. The van der Waals surface area contributed by atoms with Gasteiger partial charge in [0.1, 0.15) is 0 Å². The Labute approximate surface area is 170 Å². The van der Waals surface area contributed by atoms with Crippen molar-refractivity contribution in [3.05, 3.63) is 64.6 Å². The first-order valence-electron chi connectivity index (χ1n) is 6.40. The van der Waals surface area contributed by atoms with Gasteiger partial charge in [-0.25, -0.2) is 4.57 Å². The lowest BCUT2D eigenvalue weighted by Gasteiger charge is -2.16. The second-order valence-corrected chi connectivity index (χ2v) is 7.57. The predicted octanol–water partition coefficient (Wildman–Crippen LogP) is 5.67. The van der Waals surface area contributed by atoms with Gasteiger partial charge < -0.3 is 9.05 Å². The van der Waals surface area contributed by atoms with Crippen LogP contribution in [-0.4, -0.2) is 14.7 Å². The molecule has 1 N–H and O–H groups in total. The topological polar surface area (TPSA) is 142 Å². The van der Waals surface area contributed by atoms with Crippen LogP contribution in [-0.2, 0) is 4.57 Å². The van der Waals surface area contributed by atoms with Crippen molar-refractivity contribution in [3.8, 4) is 11.5 Å². The molecule has 0 radical (unpaired) electrons.